The second kappa shape index (κ2) is 13.6. The SMILES string of the molecule is CC(=O)c1nc(-c2ccccc2)oc1-c1ccc(NC(=O)C2CCCCC2)cc1.COc1ccc(OC)c(C)c1. The summed E-state index contributed by atoms with van der Waals surface area (Å²) < 4.78 is 16.1. The van der Waals surface area contributed by atoms with Crippen LogP contribution in [0.1, 0.15) is 55.1 Å². The second-order valence-electron chi connectivity index (χ2n) is 9.86. The van der Waals surface area contributed by atoms with Crippen LogP contribution < -0.4 is 14.8 Å². The van der Waals surface area contributed by atoms with Crippen LogP contribution in [0.2, 0.25) is 0 Å². The number of aryl methyl sites for hydroxylation is 1. The molecule has 7 nitrogen and oxygen atoms in total. The van der Waals surface area contributed by atoms with Crippen LogP contribution >= 0.6 is 0 Å². The summed E-state index contributed by atoms with van der Waals surface area (Å²) in [6.07, 6.45) is 5.40. The number of carbonyl (C=O) groups excluding carboxylic acids is 2. The summed E-state index contributed by atoms with van der Waals surface area (Å²) in [6.45, 7) is 3.47. The van der Waals surface area contributed by atoms with E-state index in [9.17, 15) is 9.59 Å². The average molecular weight is 541 g/mol. The molecule has 3 aromatic carbocycles. The molecule has 1 aliphatic carbocycles. The largest absolute Gasteiger partial charge is 0.497 e. The molecule has 1 heterocycles. The van der Waals surface area contributed by atoms with Crippen molar-refractivity contribution in [1.82, 2.24) is 4.98 Å². The van der Waals surface area contributed by atoms with Gasteiger partial charge in [0.25, 0.3) is 0 Å². The molecule has 1 aromatic heterocycles. The number of nitrogens with zero attached hydrogens (tertiary/aromatic N) is 1. The van der Waals surface area contributed by atoms with Crippen molar-refractivity contribution in [3.8, 4) is 34.3 Å². The molecule has 0 saturated heterocycles. The van der Waals surface area contributed by atoms with Gasteiger partial charge in [0.15, 0.2) is 17.2 Å². The minimum Gasteiger partial charge on any atom is -0.497 e. The van der Waals surface area contributed by atoms with Crippen molar-refractivity contribution in [3.05, 3.63) is 84.1 Å². The third-order valence-corrected chi connectivity index (χ3v) is 6.97. The Morgan fingerprint density at radius 1 is 0.875 bits per heavy atom. The van der Waals surface area contributed by atoms with Crippen LogP contribution in [0.4, 0.5) is 5.69 Å². The zero-order valence-corrected chi connectivity index (χ0v) is 23.5. The molecule has 0 spiro atoms. The number of methoxy groups -OCH3 is 2. The van der Waals surface area contributed by atoms with E-state index in [0.29, 0.717) is 17.3 Å². The van der Waals surface area contributed by atoms with E-state index in [2.05, 4.69) is 10.3 Å². The normalized spacial score (nSPS) is 13.1. The van der Waals surface area contributed by atoms with Crippen molar-refractivity contribution in [2.24, 2.45) is 5.92 Å². The summed E-state index contributed by atoms with van der Waals surface area (Å²) >= 11 is 0. The van der Waals surface area contributed by atoms with Gasteiger partial charge in [-0.15, -0.1) is 0 Å². The molecule has 1 fully saturated rings. The summed E-state index contributed by atoms with van der Waals surface area (Å²) in [5.74, 6) is 2.67. The maximum atomic E-state index is 12.4. The van der Waals surface area contributed by atoms with Gasteiger partial charge in [0.1, 0.15) is 11.5 Å². The number of anilines is 1. The van der Waals surface area contributed by atoms with Crippen LogP contribution in [0.25, 0.3) is 22.8 Å². The van der Waals surface area contributed by atoms with Crippen molar-refractivity contribution < 1.29 is 23.5 Å². The van der Waals surface area contributed by atoms with Crippen LogP contribution in [0.15, 0.2) is 77.2 Å². The van der Waals surface area contributed by atoms with E-state index in [0.717, 1.165) is 59.6 Å². The lowest BCUT2D eigenvalue weighted by atomic mass is 9.88. The molecule has 0 radical (unpaired) electrons. The summed E-state index contributed by atoms with van der Waals surface area (Å²) in [4.78, 5) is 28.9. The molecule has 208 valence electrons. The number of ether oxygens (including phenoxy) is 2. The molecule has 1 saturated carbocycles. The Kier molecular flexibility index (Phi) is 9.73. The number of hydrogen-bond donors (Lipinski definition) is 1. The zero-order chi connectivity index (χ0) is 28.5. The summed E-state index contributed by atoms with van der Waals surface area (Å²) in [7, 11) is 3.32. The first-order valence-corrected chi connectivity index (χ1v) is 13.6. The lowest BCUT2D eigenvalue weighted by Gasteiger charge is -2.20. The molecular weight excluding hydrogens is 504 g/mol. The summed E-state index contributed by atoms with van der Waals surface area (Å²) in [5.41, 5.74) is 3.71. The molecule has 40 heavy (non-hydrogen) atoms. The molecule has 0 bridgehead atoms. The number of aromatic nitrogens is 1. The van der Waals surface area contributed by atoms with Gasteiger partial charge in [-0.3, -0.25) is 9.59 Å². The average Bonchev–Trinajstić information content (AvgIpc) is 3.45. The van der Waals surface area contributed by atoms with Crippen molar-refractivity contribution >= 4 is 17.4 Å². The van der Waals surface area contributed by atoms with Crippen molar-refractivity contribution in [2.75, 3.05) is 19.5 Å². The fraction of sp³-hybridized carbons (Fsp3) is 0.303. The van der Waals surface area contributed by atoms with Crippen LogP contribution in [0, 0.1) is 12.8 Å². The highest BCUT2D eigenvalue weighted by molar-refractivity contribution is 5.98. The van der Waals surface area contributed by atoms with Gasteiger partial charge in [0, 0.05) is 29.7 Å². The fourth-order valence-electron chi connectivity index (χ4n) is 4.75. The predicted molar refractivity (Wildman–Crippen MR) is 157 cm³/mol. The third kappa shape index (κ3) is 7.17. The van der Waals surface area contributed by atoms with E-state index < -0.39 is 0 Å². The van der Waals surface area contributed by atoms with E-state index in [4.69, 9.17) is 13.9 Å². The van der Waals surface area contributed by atoms with Gasteiger partial charge >= 0.3 is 0 Å². The first kappa shape index (κ1) is 28.6. The maximum absolute atomic E-state index is 12.4. The molecule has 7 heteroatoms. The van der Waals surface area contributed by atoms with Gasteiger partial charge < -0.3 is 19.2 Å². The number of oxazole rings is 1. The van der Waals surface area contributed by atoms with Gasteiger partial charge in [-0.1, -0.05) is 37.5 Å². The van der Waals surface area contributed by atoms with Crippen LogP contribution in [-0.4, -0.2) is 30.9 Å². The van der Waals surface area contributed by atoms with Crippen LogP contribution in [0.3, 0.4) is 0 Å². The quantitative estimate of drug-likeness (QED) is 0.241. The Labute approximate surface area is 235 Å². The molecule has 0 unspecified atom stereocenters. The monoisotopic (exact) mass is 540 g/mol. The Hall–Kier alpha value is -4.39. The summed E-state index contributed by atoms with van der Waals surface area (Å²) in [5, 5.41) is 3.01. The molecule has 4 aromatic rings. The fourth-order valence-corrected chi connectivity index (χ4v) is 4.75. The van der Waals surface area contributed by atoms with E-state index in [-0.39, 0.29) is 17.6 Å². The van der Waals surface area contributed by atoms with Gasteiger partial charge in [-0.25, -0.2) is 4.98 Å². The van der Waals surface area contributed by atoms with Crippen molar-refractivity contribution in [1.29, 1.82) is 0 Å². The number of ketones is 1. The minimum atomic E-state index is -0.152. The Balaban J connectivity index is 0.000000283. The number of Topliss-reactive ketones (excluding diaryl/α,β-unsaturated/α-hetero) is 1. The Morgan fingerprint density at radius 3 is 2.17 bits per heavy atom. The first-order valence-electron chi connectivity index (χ1n) is 13.6. The van der Waals surface area contributed by atoms with Gasteiger partial charge in [-0.2, -0.15) is 0 Å². The number of hydrogen-bond acceptors (Lipinski definition) is 6. The molecule has 0 aliphatic heterocycles. The number of rotatable bonds is 7. The number of amides is 1. The molecule has 1 aliphatic rings. The molecule has 1 amide bonds. The maximum Gasteiger partial charge on any atom is 0.227 e. The number of benzene rings is 3. The number of carbonyl (C=O) groups is 2. The zero-order valence-electron chi connectivity index (χ0n) is 23.5. The summed E-state index contributed by atoms with van der Waals surface area (Å²) in [6, 6.07) is 22.6. The Morgan fingerprint density at radius 2 is 1.57 bits per heavy atom. The Bertz CT molecular complexity index is 1420. The standard InChI is InChI=1S/C24H24N2O3.C9H12O2/c1-16(27)21-22(29-24(26-21)19-10-6-3-7-11-19)17-12-14-20(15-13-17)25-23(28)18-8-4-2-5-9-18;1-7-6-8(10-2)4-5-9(7)11-3/h3,6-7,10-15,18H,2,4-5,8-9H2,1H3,(H,25,28);4-6H,1-3H3. The highest BCUT2D eigenvalue weighted by Crippen LogP contribution is 2.31. The van der Waals surface area contributed by atoms with E-state index in [1.165, 1.54) is 13.3 Å². The lowest BCUT2D eigenvalue weighted by molar-refractivity contribution is -0.120. The van der Waals surface area contributed by atoms with Gasteiger partial charge in [-0.05, 0) is 79.9 Å². The van der Waals surface area contributed by atoms with E-state index in [1.54, 1.807) is 14.2 Å². The molecular formula is C33H36N2O5. The van der Waals surface area contributed by atoms with E-state index in [1.807, 2.05) is 79.7 Å². The molecule has 5 rings (SSSR count). The number of nitrogens with one attached hydrogen (secondary N) is 1. The highest BCUT2D eigenvalue weighted by Gasteiger charge is 2.22. The highest BCUT2D eigenvalue weighted by atomic mass is 16.5. The topological polar surface area (TPSA) is 90.7 Å². The molecule has 1 N–H and O–H groups in total. The van der Waals surface area contributed by atoms with Crippen LogP contribution in [0.5, 0.6) is 11.5 Å². The molecule has 0 atom stereocenters. The van der Waals surface area contributed by atoms with Gasteiger partial charge in [0.05, 0.1) is 14.2 Å². The predicted octanol–water partition coefficient (Wildman–Crippen LogP) is 7.74. The van der Waals surface area contributed by atoms with Gasteiger partial charge in [0.2, 0.25) is 11.8 Å². The smallest absolute Gasteiger partial charge is 0.227 e. The lowest BCUT2D eigenvalue weighted by Crippen LogP contribution is -2.24. The third-order valence-electron chi connectivity index (χ3n) is 6.97. The van der Waals surface area contributed by atoms with Crippen LogP contribution in [-0.2, 0) is 4.79 Å². The van der Waals surface area contributed by atoms with Crippen molar-refractivity contribution in [3.63, 3.8) is 0 Å². The van der Waals surface area contributed by atoms with Crippen molar-refractivity contribution in [2.45, 2.75) is 46.0 Å². The second-order valence-corrected chi connectivity index (χ2v) is 9.86. The minimum absolute atomic E-state index is 0.0907. The van der Waals surface area contributed by atoms with E-state index >= 15 is 0 Å². The first-order chi connectivity index (χ1) is 19.4.